The fourth-order valence-corrected chi connectivity index (χ4v) is 4.41. The number of amides is 1. The van der Waals surface area contributed by atoms with E-state index >= 15 is 0 Å². The second-order valence-corrected chi connectivity index (χ2v) is 11.3. The first kappa shape index (κ1) is 28.8. The van der Waals surface area contributed by atoms with Crippen molar-refractivity contribution in [1.29, 1.82) is 0 Å². The van der Waals surface area contributed by atoms with Crippen molar-refractivity contribution in [3.8, 4) is 0 Å². The second-order valence-electron chi connectivity index (χ2n) is 9.02. The van der Waals surface area contributed by atoms with Crippen LogP contribution >= 0.6 is 34.8 Å². The highest BCUT2D eigenvalue weighted by molar-refractivity contribution is 6.76. The Bertz CT molecular complexity index is 1130. The fraction of sp³-hybridized carbons (Fsp3) is 0.345. The Balaban J connectivity index is 1.61. The molecular weight excluding hydrogens is 549 g/mol. The largest absolute Gasteiger partial charge is 0.368 e. The van der Waals surface area contributed by atoms with E-state index in [0.717, 1.165) is 16.7 Å². The zero-order chi connectivity index (χ0) is 27.0. The van der Waals surface area contributed by atoms with Crippen molar-refractivity contribution in [3.05, 3.63) is 108 Å². The first-order valence-electron chi connectivity index (χ1n) is 12.3. The van der Waals surface area contributed by atoms with Crippen molar-refractivity contribution >= 4 is 40.7 Å². The van der Waals surface area contributed by atoms with Crippen molar-refractivity contribution in [2.75, 3.05) is 0 Å². The molecule has 0 bridgehead atoms. The van der Waals surface area contributed by atoms with Gasteiger partial charge in [-0.05, 0) is 23.6 Å². The number of ether oxygens (including phenoxy) is 4. The summed E-state index contributed by atoms with van der Waals surface area (Å²) in [7, 11) is 0. The Kier molecular flexibility index (Phi) is 10.4. The lowest BCUT2D eigenvalue weighted by molar-refractivity contribution is -0.266. The molecule has 0 saturated carbocycles. The number of halogens is 3. The molecule has 3 aromatic rings. The monoisotopic (exact) mass is 577 g/mol. The Morgan fingerprint density at radius 3 is 1.53 bits per heavy atom. The van der Waals surface area contributed by atoms with E-state index in [1.807, 2.05) is 97.9 Å². The van der Waals surface area contributed by atoms with E-state index in [0.29, 0.717) is 13.2 Å². The molecule has 5 atom stereocenters. The third-order valence-corrected chi connectivity index (χ3v) is 6.67. The molecule has 9 heteroatoms. The summed E-state index contributed by atoms with van der Waals surface area (Å²) in [5.41, 5.74) is 2.94. The van der Waals surface area contributed by atoms with Crippen molar-refractivity contribution < 1.29 is 23.7 Å². The predicted octanol–water partition coefficient (Wildman–Crippen LogP) is 5.97. The summed E-state index contributed by atoms with van der Waals surface area (Å²) in [6, 6.07) is 29.3. The molecule has 1 aliphatic heterocycles. The van der Waals surface area contributed by atoms with E-state index < -0.39 is 40.3 Å². The second kappa shape index (κ2) is 13.8. The van der Waals surface area contributed by atoms with Crippen LogP contribution in [-0.4, -0.2) is 40.3 Å². The average molecular weight is 579 g/mol. The topological polar surface area (TPSA) is 66.0 Å². The first-order chi connectivity index (χ1) is 18.3. The lowest BCUT2D eigenvalue weighted by Gasteiger charge is -2.45. The summed E-state index contributed by atoms with van der Waals surface area (Å²) in [6.07, 6.45) is -3.33. The number of hydrogen-bond donors (Lipinski definition) is 1. The van der Waals surface area contributed by atoms with Gasteiger partial charge in [0.2, 0.25) is 0 Å². The van der Waals surface area contributed by atoms with Gasteiger partial charge in [-0.2, -0.15) is 0 Å². The fourth-order valence-electron chi connectivity index (χ4n) is 4.24. The van der Waals surface area contributed by atoms with Gasteiger partial charge in [-0.3, -0.25) is 4.79 Å². The first-order valence-corrected chi connectivity index (χ1v) is 13.4. The zero-order valence-electron chi connectivity index (χ0n) is 20.8. The van der Waals surface area contributed by atoms with Gasteiger partial charge in [0.05, 0.1) is 25.9 Å². The number of nitrogens with one attached hydrogen (secondary N) is 1. The van der Waals surface area contributed by atoms with Gasteiger partial charge in [-0.15, -0.1) is 0 Å². The summed E-state index contributed by atoms with van der Waals surface area (Å²) in [4.78, 5) is 12.6. The van der Waals surface area contributed by atoms with Crippen molar-refractivity contribution in [3.63, 3.8) is 0 Å². The summed E-state index contributed by atoms with van der Waals surface area (Å²) in [5, 5.41) is 2.68. The van der Waals surface area contributed by atoms with Crippen LogP contribution in [0.1, 0.15) is 23.6 Å². The molecular formula is C29H30Cl3NO5. The van der Waals surface area contributed by atoms with E-state index in [-0.39, 0.29) is 6.61 Å². The van der Waals surface area contributed by atoms with Gasteiger partial charge in [0, 0.05) is 0 Å². The molecule has 1 unspecified atom stereocenters. The van der Waals surface area contributed by atoms with Gasteiger partial charge in [0.1, 0.15) is 18.3 Å². The van der Waals surface area contributed by atoms with E-state index in [9.17, 15) is 4.79 Å². The maximum absolute atomic E-state index is 12.6. The Morgan fingerprint density at radius 1 is 0.711 bits per heavy atom. The maximum Gasteiger partial charge on any atom is 0.274 e. The third-order valence-electron chi connectivity index (χ3n) is 6.16. The van der Waals surface area contributed by atoms with Crippen molar-refractivity contribution in [2.24, 2.45) is 0 Å². The standard InChI is InChI=1S/C29H30Cl3NO5/c1-20-24(35-17-21-11-5-2-6-12-21)25(36-18-22-13-7-3-8-14-22)26(37-19-23-15-9-4-10-16-23)27(38-20)33-28(34)29(30,31)32/h2-16,20,24-27H,17-19H2,1H3,(H,33,34)/t20-,24+,25+,26-,27?/m1/s1. The highest BCUT2D eigenvalue weighted by Gasteiger charge is 2.48. The number of alkyl halides is 3. The lowest BCUT2D eigenvalue weighted by Crippen LogP contribution is -2.64. The van der Waals surface area contributed by atoms with Crippen LogP contribution in [0.25, 0.3) is 0 Å². The number of hydrogen-bond acceptors (Lipinski definition) is 5. The van der Waals surface area contributed by atoms with Crippen LogP contribution in [0.15, 0.2) is 91.0 Å². The van der Waals surface area contributed by atoms with Crippen LogP contribution in [-0.2, 0) is 43.6 Å². The van der Waals surface area contributed by atoms with Crippen LogP contribution in [0.4, 0.5) is 0 Å². The molecule has 1 aliphatic rings. The molecule has 1 heterocycles. The minimum absolute atomic E-state index is 0.250. The van der Waals surface area contributed by atoms with Crippen molar-refractivity contribution in [2.45, 2.75) is 61.2 Å². The Morgan fingerprint density at radius 2 is 1.11 bits per heavy atom. The van der Waals surface area contributed by atoms with E-state index in [1.54, 1.807) is 0 Å². The molecule has 0 spiro atoms. The number of carbonyl (C=O) groups excluding carboxylic acids is 1. The quantitative estimate of drug-likeness (QED) is 0.300. The van der Waals surface area contributed by atoms with E-state index in [2.05, 4.69) is 5.32 Å². The minimum Gasteiger partial charge on any atom is -0.368 e. The molecule has 38 heavy (non-hydrogen) atoms. The van der Waals surface area contributed by atoms with Gasteiger partial charge in [0.25, 0.3) is 9.70 Å². The van der Waals surface area contributed by atoms with E-state index in [1.165, 1.54) is 0 Å². The van der Waals surface area contributed by atoms with E-state index in [4.69, 9.17) is 53.8 Å². The number of carbonyl (C=O) groups is 1. The molecule has 202 valence electrons. The lowest BCUT2D eigenvalue weighted by atomic mass is 9.97. The smallest absolute Gasteiger partial charge is 0.274 e. The molecule has 0 aromatic heterocycles. The van der Waals surface area contributed by atoms with Crippen LogP contribution in [0.3, 0.4) is 0 Å². The number of rotatable bonds is 10. The summed E-state index contributed by atoms with van der Waals surface area (Å²) >= 11 is 17.6. The molecule has 0 aliphatic carbocycles. The Hall–Kier alpha value is -2.16. The molecule has 1 saturated heterocycles. The van der Waals surface area contributed by atoms with Crippen molar-refractivity contribution in [1.82, 2.24) is 5.32 Å². The van der Waals surface area contributed by atoms with Gasteiger partial charge in [0.15, 0.2) is 6.23 Å². The van der Waals surface area contributed by atoms with Gasteiger partial charge < -0.3 is 24.3 Å². The van der Waals surface area contributed by atoms with Gasteiger partial charge >= 0.3 is 0 Å². The molecule has 1 amide bonds. The van der Waals surface area contributed by atoms with Crippen LogP contribution < -0.4 is 5.32 Å². The van der Waals surface area contributed by atoms with Gasteiger partial charge in [-0.25, -0.2) is 0 Å². The highest BCUT2D eigenvalue weighted by atomic mass is 35.6. The molecule has 4 rings (SSSR count). The number of benzene rings is 3. The van der Waals surface area contributed by atoms with Crippen LogP contribution in [0, 0.1) is 0 Å². The molecule has 1 N–H and O–H groups in total. The summed E-state index contributed by atoms with van der Waals surface area (Å²) < 4.78 is 23.2. The molecule has 6 nitrogen and oxygen atoms in total. The summed E-state index contributed by atoms with van der Waals surface area (Å²) in [6.45, 7) is 2.76. The predicted molar refractivity (Wildman–Crippen MR) is 148 cm³/mol. The van der Waals surface area contributed by atoms with Crippen LogP contribution in [0.5, 0.6) is 0 Å². The average Bonchev–Trinajstić information content (AvgIpc) is 2.92. The summed E-state index contributed by atoms with van der Waals surface area (Å²) in [5.74, 6) is -0.821. The zero-order valence-corrected chi connectivity index (χ0v) is 23.1. The maximum atomic E-state index is 12.6. The molecule has 3 aromatic carbocycles. The normalized spacial score (nSPS) is 23.6. The van der Waals surface area contributed by atoms with Gasteiger partial charge in [-0.1, -0.05) is 126 Å². The highest BCUT2D eigenvalue weighted by Crippen LogP contribution is 2.31. The SMILES string of the molecule is C[C@H]1OC(NC(=O)C(Cl)(Cl)Cl)[C@H](OCc2ccccc2)[C@@H](OCc2ccccc2)[C@H]1OCc1ccccc1. The molecule has 0 radical (unpaired) electrons. The minimum atomic E-state index is -2.17. The van der Waals surface area contributed by atoms with Crippen LogP contribution in [0.2, 0.25) is 0 Å². The Labute approximate surface area is 238 Å². The third kappa shape index (κ3) is 8.17. The molecule has 1 fully saturated rings.